The summed E-state index contributed by atoms with van der Waals surface area (Å²) in [6, 6.07) is 18.8. The van der Waals surface area contributed by atoms with Crippen LogP contribution in [0.2, 0.25) is 0 Å². The third kappa shape index (κ3) is 7.40. The van der Waals surface area contributed by atoms with Crippen LogP contribution in [0.4, 0.5) is 14.5 Å². The van der Waals surface area contributed by atoms with Gasteiger partial charge in [0.2, 0.25) is 0 Å². The molecule has 0 spiro atoms. The Balaban J connectivity index is 0.00000324. The lowest BCUT2D eigenvalue weighted by atomic mass is 10.0. The van der Waals surface area contributed by atoms with Crippen LogP contribution in [0.5, 0.6) is 5.75 Å². The standard InChI is InChI=1S/C27H31F2N3O.ClH/c1-20-15-27(16-21(2)30-20)33-19-25(29)18-31-11-13-32(14-12-31)26-9-5-23(6-10-26)17-22-3-7-24(28)8-4-22;/h3-10,15-16,25H,11-14,17-19H2,1-2H3;1H/t25-;/m0./s1. The van der Waals surface area contributed by atoms with E-state index in [1.807, 2.05) is 38.1 Å². The first-order chi connectivity index (χ1) is 15.9. The minimum Gasteiger partial charge on any atom is -0.490 e. The first-order valence-electron chi connectivity index (χ1n) is 11.5. The molecule has 1 aliphatic heterocycles. The Morgan fingerprint density at radius 1 is 0.882 bits per heavy atom. The maximum Gasteiger partial charge on any atom is 0.147 e. The summed E-state index contributed by atoms with van der Waals surface area (Å²) in [5, 5.41) is 0. The number of hydrogen-bond acceptors (Lipinski definition) is 4. The van der Waals surface area contributed by atoms with Gasteiger partial charge in [-0.3, -0.25) is 9.88 Å². The summed E-state index contributed by atoms with van der Waals surface area (Å²) in [5.74, 6) is 0.467. The fourth-order valence-corrected chi connectivity index (χ4v) is 4.25. The average Bonchev–Trinajstić information content (AvgIpc) is 2.80. The van der Waals surface area contributed by atoms with Gasteiger partial charge in [0.15, 0.2) is 0 Å². The fraction of sp³-hybridized carbons (Fsp3) is 0.370. The molecule has 0 radical (unpaired) electrons. The van der Waals surface area contributed by atoms with Crippen LogP contribution in [0, 0.1) is 19.7 Å². The molecule has 182 valence electrons. The molecule has 1 saturated heterocycles. The summed E-state index contributed by atoms with van der Waals surface area (Å²) in [6.07, 6.45) is -0.247. The third-order valence-corrected chi connectivity index (χ3v) is 5.94. The van der Waals surface area contributed by atoms with Gasteiger partial charge >= 0.3 is 0 Å². The normalized spacial score (nSPS) is 15.0. The Hall–Kier alpha value is -2.70. The molecule has 1 atom stereocenters. The van der Waals surface area contributed by atoms with Crippen LogP contribution in [0.15, 0.2) is 60.7 Å². The number of aromatic nitrogens is 1. The van der Waals surface area contributed by atoms with Crippen LogP contribution in [-0.4, -0.2) is 55.4 Å². The van der Waals surface area contributed by atoms with Crippen LogP contribution in [0.3, 0.4) is 0 Å². The number of pyridine rings is 1. The van der Waals surface area contributed by atoms with Gasteiger partial charge in [-0.1, -0.05) is 24.3 Å². The molecule has 0 unspecified atom stereocenters. The molecule has 1 aromatic heterocycles. The van der Waals surface area contributed by atoms with Crippen molar-refractivity contribution in [2.24, 2.45) is 0 Å². The molecule has 0 N–H and O–H groups in total. The molecule has 0 saturated carbocycles. The molecule has 7 heteroatoms. The zero-order chi connectivity index (χ0) is 23.2. The number of ether oxygens (including phenoxy) is 1. The number of hydrogen-bond donors (Lipinski definition) is 0. The molecule has 34 heavy (non-hydrogen) atoms. The number of nitrogens with zero attached hydrogens (tertiary/aromatic N) is 3. The Bertz CT molecular complexity index is 1020. The van der Waals surface area contributed by atoms with Crippen LogP contribution in [0.1, 0.15) is 22.5 Å². The van der Waals surface area contributed by atoms with Crippen molar-refractivity contribution in [2.45, 2.75) is 26.4 Å². The van der Waals surface area contributed by atoms with E-state index in [0.29, 0.717) is 12.3 Å². The first kappa shape index (κ1) is 25.9. The molecule has 0 bridgehead atoms. The Morgan fingerprint density at radius 3 is 2.03 bits per heavy atom. The van der Waals surface area contributed by atoms with Crippen molar-refractivity contribution >= 4 is 18.1 Å². The minimum absolute atomic E-state index is 0. The number of halogens is 3. The van der Waals surface area contributed by atoms with E-state index < -0.39 is 6.17 Å². The van der Waals surface area contributed by atoms with Crippen LogP contribution in [0.25, 0.3) is 0 Å². The van der Waals surface area contributed by atoms with Crippen molar-refractivity contribution in [3.05, 3.63) is 89.0 Å². The zero-order valence-electron chi connectivity index (χ0n) is 19.7. The second-order valence-electron chi connectivity index (χ2n) is 8.75. The van der Waals surface area contributed by atoms with E-state index in [0.717, 1.165) is 49.6 Å². The molecule has 2 heterocycles. The average molecular weight is 488 g/mol. The second kappa shape index (κ2) is 12.1. The number of aryl methyl sites for hydroxylation is 2. The maximum atomic E-state index is 14.5. The van der Waals surface area contributed by atoms with E-state index >= 15 is 0 Å². The smallest absolute Gasteiger partial charge is 0.147 e. The van der Waals surface area contributed by atoms with Gasteiger partial charge in [-0.05, 0) is 55.7 Å². The van der Waals surface area contributed by atoms with E-state index in [1.54, 1.807) is 0 Å². The maximum absolute atomic E-state index is 14.5. The molecule has 0 aliphatic carbocycles. The third-order valence-electron chi connectivity index (χ3n) is 5.94. The van der Waals surface area contributed by atoms with Crippen molar-refractivity contribution in [1.82, 2.24) is 9.88 Å². The summed E-state index contributed by atoms with van der Waals surface area (Å²) in [7, 11) is 0. The lowest BCUT2D eigenvalue weighted by Gasteiger charge is -2.36. The molecule has 3 aromatic rings. The van der Waals surface area contributed by atoms with Crippen LogP contribution < -0.4 is 9.64 Å². The highest BCUT2D eigenvalue weighted by Gasteiger charge is 2.20. The molecular formula is C27H32ClF2N3O. The van der Waals surface area contributed by atoms with Crippen molar-refractivity contribution in [1.29, 1.82) is 0 Å². The van der Waals surface area contributed by atoms with Gasteiger partial charge in [-0.2, -0.15) is 0 Å². The first-order valence-corrected chi connectivity index (χ1v) is 11.5. The lowest BCUT2D eigenvalue weighted by molar-refractivity contribution is 0.133. The van der Waals surface area contributed by atoms with Crippen molar-refractivity contribution in [3.63, 3.8) is 0 Å². The summed E-state index contributed by atoms with van der Waals surface area (Å²) in [5.41, 5.74) is 5.22. The van der Waals surface area contributed by atoms with E-state index in [-0.39, 0.29) is 24.8 Å². The van der Waals surface area contributed by atoms with Gasteiger partial charge < -0.3 is 9.64 Å². The van der Waals surface area contributed by atoms with Gasteiger partial charge in [0.25, 0.3) is 0 Å². The van der Waals surface area contributed by atoms with Gasteiger partial charge in [0.1, 0.15) is 24.3 Å². The Labute approximate surface area is 207 Å². The molecule has 4 nitrogen and oxygen atoms in total. The zero-order valence-corrected chi connectivity index (χ0v) is 20.5. The van der Waals surface area contributed by atoms with Gasteiger partial charge in [-0.15, -0.1) is 12.4 Å². The monoisotopic (exact) mass is 487 g/mol. The van der Waals surface area contributed by atoms with Crippen LogP contribution >= 0.6 is 12.4 Å². The number of piperazine rings is 1. The molecule has 4 rings (SSSR count). The fourth-order valence-electron chi connectivity index (χ4n) is 4.25. The Kier molecular flexibility index (Phi) is 9.25. The predicted octanol–water partition coefficient (Wildman–Crippen LogP) is 5.39. The van der Waals surface area contributed by atoms with E-state index in [9.17, 15) is 8.78 Å². The second-order valence-corrected chi connectivity index (χ2v) is 8.75. The summed E-state index contributed by atoms with van der Waals surface area (Å²) in [6.45, 7) is 7.64. The number of benzene rings is 2. The Morgan fingerprint density at radius 2 is 1.44 bits per heavy atom. The molecule has 0 amide bonds. The number of anilines is 1. The SMILES string of the molecule is Cc1cc(OC[C@@H](F)CN2CCN(c3ccc(Cc4ccc(F)cc4)cc3)CC2)cc(C)n1.Cl. The van der Waals surface area contributed by atoms with E-state index in [2.05, 4.69) is 39.0 Å². The number of alkyl halides is 1. The highest BCUT2D eigenvalue weighted by Crippen LogP contribution is 2.20. The molecule has 2 aromatic carbocycles. The highest BCUT2D eigenvalue weighted by atomic mass is 35.5. The van der Waals surface area contributed by atoms with Crippen molar-refractivity contribution in [2.75, 3.05) is 44.2 Å². The summed E-state index contributed by atoms with van der Waals surface area (Å²) < 4.78 is 33.3. The number of rotatable bonds is 8. The largest absolute Gasteiger partial charge is 0.490 e. The van der Waals surface area contributed by atoms with Gasteiger partial charge in [-0.25, -0.2) is 8.78 Å². The molecule has 1 fully saturated rings. The van der Waals surface area contributed by atoms with E-state index in [1.165, 1.54) is 23.4 Å². The highest BCUT2D eigenvalue weighted by molar-refractivity contribution is 5.85. The van der Waals surface area contributed by atoms with Gasteiger partial charge in [0.05, 0.1) is 0 Å². The lowest BCUT2D eigenvalue weighted by Crippen LogP contribution is -2.48. The van der Waals surface area contributed by atoms with E-state index in [4.69, 9.17) is 4.74 Å². The van der Waals surface area contributed by atoms with Crippen molar-refractivity contribution in [3.8, 4) is 5.75 Å². The molecular weight excluding hydrogens is 456 g/mol. The predicted molar refractivity (Wildman–Crippen MR) is 136 cm³/mol. The van der Waals surface area contributed by atoms with Crippen molar-refractivity contribution < 1.29 is 13.5 Å². The summed E-state index contributed by atoms with van der Waals surface area (Å²) >= 11 is 0. The van der Waals surface area contributed by atoms with Crippen LogP contribution in [-0.2, 0) is 6.42 Å². The molecule has 1 aliphatic rings. The van der Waals surface area contributed by atoms with Gasteiger partial charge in [0, 0.05) is 61.9 Å². The topological polar surface area (TPSA) is 28.6 Å². The quantitative estimate of drug-likeness (QED) is 0.426. The summed E-state index contributed by atoms with van der Waals surface area (Å²) in [4.78, 5) is 8.82. The minimum atomic E-state index is -1.03.